The highest BCUT2D eigenvalue weighted by molar-refractivity contribution is 7.89. The van der Waals surface area contributed by atoms with E-state index >= 15 is 0 Å². The predicted octanol–water partition coefficient (Wildman–Crippen LogP) is 0.199. The second-order valence-electron chi connectivity index (χ2n) is 8.31. The van der Waals surface area contributed by atoms with Crippen molar-refractivity contribution in [3.63, 3.8) is 0 Å². The maximum atomic E-state index is 12.5. The van der Waals surface area contributed by atoms with Crippen molar-refractivity contribution >= 4 is 22.1 Å². The van der Waals surface area contributed by atoms with Gasteiger partial charge in [0.1, 0.15) is 17.5 Å². The Morgan fingerprint density at radius 3 is 2.46 bits per heavy atom. The maximum Gasteiger partial charge on any atom is 0.410 e. The number of nitrogens with zero attached hydrogens (tertiary/aromatic N) is 2. The third-order valence-electron chi connectivity index (χ3n) is 5.02. The molecule has 10 heteroatoms. The first-order chi connectivity index (χ1) is 11.9. The number of ether oxygens (including phenoxy) is 3. The Morgan fingerprint density at radius 1 is 1.31 bits per heavy atom. The van der Waals surface area contributed by atoms with Gasteiger partial charge < -0.3 is 19.1 Å². The molecule has 0 saturated carbocycles. The fraction of sp³-hybridized carbons (Fsp3) is 0.875. The number of carbonyl (C=O) groups is 2. The van der Waals surface area contributed by atoms with Gasteiger partial charge in [-0.3, -0.25) is 4.79 Å². The number of esters is 1. The van der Waals surface area contributed by atoms with Gasteiger partial charge in [0.25, 0.3) is 0 Å². The number of likely N-dealkylation sites (tertiary alicyclic amines) is 1. The van der Waals surface area contributed by atoms with E-state index in [-0.39, 0.29) is 31.4 Å². The average Bonchev–Trinajstić information content (AvgIpc) is 2.69. The Balaban J connectivity index is 1.62. The Bertz CT molecular complexity index is 688. The van der Waals surface area contributed by atoms with Crippen LogP contribution in [0.3, 0.4) is 0 Å². The van der Waals surface area contributed by atoms with Crippen LogP contribution in [0.5, 0.6) is 0 Å². The summed E-state index contributed by atoms with van der Waals surface area (Å²) in [5, 5.41) is 0. The van der Waals surface area contributed by atoms with E-state index in [1.807, 2.05) is 0 Å². The lowest BCUT2D eigenvalue weighted by atomic mass is 9.74. The standard InChI is InChI=1S/C16H26N2O7S/c1-15(2,3)25-14(20)17-9-16(10-17)5-13(19)24-12(16)8-26(21,22)18-6-11(7-18)23-4/h11-12H,5-10H2,1-4H3. The maximum absolute atomic E-state index is 12.5. The van der Waals surface area contributed by atoms with Gasteiger partial charge >= 0.3 is 12.1 Å². The number of methoxy groups -OCH3 is 1. The number of carbonyl (C=O) groups excluding carboxylic acids is 2. The van der Waals surface area contributed by atoms with Crippen LogP contribution in [-0.2, 0) is 29.0 Å². The summed E-state index contributed by atoms with van der Waals surface area (Å²) in [4.78, 5) is 25.4. The van der Waals surface area contributed by atoms with Crippen LogP contribution in [0.2, 0.25) is 0 Å². The van der Waals surface area contributed by atoms with Gasteiger partial charge in [0.05, 0.1) is 17.9 Å². The monoisotopic (exact) mass is 390 g/mol. The summed E-state index contributed by atoms with van der Waals surface area (Å²) in [7, 11) is -2.00. The van der Waals surface area contributed by atoms with Crippen molar-refractivity contribution in [3.05, 3.63) is 0 Å². The van der Waals surface area contributed by atoms with Crippen molar-refractivity contribution in [1.82, 2.24) is 9.21 Å². The summed E-state index contributed by atoms with van der Waals surface area (Å²) in [5.41, 5.74) is -1.26. The first-order valence-corrected chi connectivity index (χ1v) is 10.2. The first-order valence-electron chi connectivity index (χ1n) is 8.62. The van der Waals surface area contributed by atoms with E-state index in [4.69, 9.17) is 14.2 Å². The lowest BCUT2D eigenvalue weighted by Crippen LogP contribution is -2.64. The zero-order valence-corrected chi connectivity index (χ0v) is 16.4. The summed E-state index contributed by atoms with van der Waals surface area (Å²) in [6, 6.07) is 0. The Labute approximate surface area is 153 Å². The van der Waals surface area contributed by atoms with Crippen molar-refractivity contribution in [1.29, 1.82) is 0 Å². The number of sulfonamides is 1. The lowest BCUT2D eigenvalue weighted by molar-refractivity contribution is -0.141. The van der Waals surface area contributed by atoms with Crippen LogP contribution in [0.1, 0.15) is 27.2 Å². The summed E-state index contributed by atoms with van der Waals surface area (Å²) < 4.78 is 42.1. The second kappa shape index (κ2) is 6.35. The summed E-state index contributed by atoms with van der Waals surface area (Å²) in [6.45, 7) is 6.48. The second-order valence-corrected chi connectivity index (χ2v) is 10.3. The minimum atomic E-state index is -3.55. The zero-order chi connectivity index (χ0) is 19.3. The molecule has 0 aromatic heterocycles. The largest absolute Gasteiger partial charge is 0.460 e. The van der Waals surface area contributed by atoms with E-state index in [9.17, 15) is 18.0 Å². The topological polar surface area (TPSA) is 102 Å². The molecule has 0 N–H and O–H groups in total. The molecule has 1 atom stereocenters. The van der Waals surface area contributed by atoms with Gasteiger partial charge in [-0.2, -0.15) is 4.31 Å². The third-order valence-corrected chi connectivity index (χ3v) is 6.83. The first kappa shape index (κ1) is 19.4. The number of hydrogen-bond donors (Lipinski definition) is 0. The fourth-order valence-corrected chi connectivity index (χ4v) is 5.30. The van der Waals surface area contributed by atoms with Gasteiger partial charge in [0.2, 0.25) is 10.0 Å². The summed E-state index contributed by atoms with van der Waals surface area (Å²) in [5.74, 6) is -0.690. The zero-order valence-electron chi connectivity index (χ0n) is 15.6. The van der Waals surface area contributed by atoms with Crippen LogP contribution >= 0.6 is 0 Å². The van der Waals surface area contributed by atoms with E-state index in [1.165, 1.54) is 9.21 Å². The molecular weight excluding hydrogens is 364 g/mol. The van der Waals surface area contributed by atoms with Crippen LogP contribution in [0, 0.1) is 5.41 Å². The Morgan fingerprint density at radius 2 is 1.92 bits per heavy atom. The minimum Gasteiger partial charge on any atom is -0.460 e. The van der Waals surface area contributed by atoms with Crippen LogP contribution in [0.15, 0.2) is 0 Å². The van der Waals surface area contributed by atoms with Gasteiger partial charge in [-0.15, -0.1) is 0 Å². The molecule has 0 aromatic carbocycles. The van der Waals surface area contributed by atoms with Gasteiger partial charge in [-0.1, -0.05) is 0 Å². The van der Waals surface area contributed by atoms with Crippen molar-refractivity contribution in [2.45, 2.75) is 45.0 Å². The molecule has 0 radical (unpaired) electrons. The molecule has 3 heterocycles. The van der Waals surface area contributed by atoms with Crippen LogP contribution in [0.4, 0.5) is 4.79 Å². The molecule has 3 aliphatic heterocycles. The highest BCUT2D eigenvalue weighted by Crippen LogP contribution is 2.45. The molecule has 1 unspecified atom stereocenters. The summed E-state index contributed by atoms with van der Waals surface area (Å²) in [6.07, 6.45) is -1.18. The van der Waals surface area contributed by atoms with E-state index in [2.05, 4.69) is 0 Å². The highest BCUT2D eigenvalue weighted by atomic mass is 32.2. The van der Waals surface area contributed by atoms with E-state index in [1.54, 1.807) is 27.9 Å². The molecule has 1 spiro atoms. The fourth-order valence-electron chi connectivity index (χ4n) is 3.50. The molecule has 0 aliphatic carbocycles. The SMILES string of the molecule is COC1CN(S(=O)(=O)CC2OC(=O)CC23CN(C(=O)OC(C)(C)C)C3)C1. The summed E-state index contributed by atoms with van der Waals surface area (Å²) >= 11 is 0. The van der Waals surface area contributed by atoms with Crippen molar-refractivity contribution in [2.75, 3.05) is 39.0 Å². The van der Waals surface area contributed by atoms with Gasteiger partial charge in [-0.05, 0) is 20.8 Å². The smallest absolute Gasteiger partial charge is 0.410 e. The molecule has 9 nitrogen and oxygen atoms in total. The van der Waals surface area contributed by atoms with Gasteiger partial charge in [0.15, 0.2) is 0 Å². The van der Waals surface area contributed by atoms with Gasteiger partial charge in [-0.25, -0.2) is 13.2 Å². The number of hydrogen-bond acceptors (Lipinski definition) is 7. The lowest BCUT2D eigenvalue weighted by Gasteiger charge is -2.49. The van der Waals surface area contributed by atoms with Gasteiger partial charge in [0, 0.05) is 33.3 Å². The quantitative estimate of drug-likeness (QED) is 0.632. The molecule has 3 fully saturated rings. The predicted molar refractivity (Wildman–Crippen MR) is 90.9 cm³/mol. The molecular formula is C16H26N2O7S. The molecule has 148 valence electrons. The van der Waals surface area contributed by atoms with E-state index in [0.717, 1.165) is 0 Å². The Hall–Kier alpha value is -1.39. The molecule has 0 aromatic rings. The number of amides is 1. The van der Waals surface area contributed by atoms with Crippen molar-refractivity contribution in [3.8, 4) is 0 Å². The third kappa shape index (κ3) is 3.67. The molecule has 0 bridgehead atoms. The van der Waals surface area contributed by atoms with E-state index < -0.39 is 39.2 Å². The van der Waals surface area contributed by atoms with Crippen molar-refractivity contribution in [2.24, 2.45) is 5.41 Å². The molecule has 3 aliphatic rings. The molecule has 3 saturated heterocycles. The number of rotatable bonds is 4. The normalized spacial score (nSPS) is 26.4. The molecule has 3 rings (SSSR count). The highest BCUT2D eigenvalue weighted by Gasteiger charge is 2.59. The minimum absolute atomic E-state index is 0.0868. The Kier molecular flexibility index (Phi) is 4.73. The van der Waals surface area contributed by atoms with Crippen LogP contribution in [-0.4, -0.2) is 86.5 Å². The number of cyclic esters (lactones) is 1. The van der Waals surface area contributed by atoms with Crippen molar-refractivity contribution < 1.29 is 32.2 Å². The van der Waals surface area contributed by atoms with Crippen LogP contribution < -0.4 is 0 Å². The van der Waals surface area contributed by atoms with Crippen LogP contribution in [0.25, 0.3) is 0 Å². The molecule has 1 amide bonds. The molecule has 26 heavy (non-hydrogen) atoms. The average molecular weight is 390 g/mol. The van der Waals surface area contributed by atoms with E-state index in [0.29, 0.717) is 13.1 Å².